The first-order valence-corrected chi connectivity index (χ1v) is 10.5. The van der Waals surface area contributed by atoms with Crippen LogP contribution in [0.2, 0.25) is 0 Å². The third kappa shape index (κ3) is 4.15. The zero-order valence-electron chi connectivity index (χ0n) is 17.8. The Morgan fingerprint density at radius 3 is 2.69 bits per heavy atom. The number of likely N-dealkylation sites (tertiary alicyclic amines) is 1. The van der Waals surface area contributed by atoms with E-state index in [4.69, 9.17) is 4.42 Å². The second kappa shape index (κ2) is 8.60. The molecule has 5 rings (SSSR count). The lowest BCUT2D eigenvalue weighted by atomic mass is 10.0. The fourth-order valence-corrected chi connectivity index (χ4v) is 4.01. The second-order valence-electron chi connectivity index (χ2n) is 7.89. The smallest absolute Gasteiger partial charge is 0.295 e. The van der Waals surface area contributed by atoms with Crippen LogP contribution in [0.15, 0.2) is 53.2 Å². The number of alkyl halides is 2. The summed E-state index contributed by atoms with van der Waals surface area (Å²) in [5.41, 5.74) is -0.462. The minimum atomic E-state index is -3.34. The van der Waals surface area contributed by atoms with Crippen molar-refractivity contribution in [1.29, 1.82) is 0 Å². The van der Waals surface area contributed by atoms with Crippen LogP contribution in [0.3, 0.4) is 0 Å². The van der Waals surface area contributed by atoms with E-state index in [2.05, 4.69) is 20.3 Å². The zero-order chi connectivity index (χ0) is 24.7. The molecule has 0 spiro atoms. The molecule has 1 N–H and O–H groups in total. The van der Waals surface area contributed by atoms with Crippen molar-refractivity contribution in [3.05, 3.63) is 71.8 Å². The summed E-state index contributed by atoms with van der Waals surface area (Å²) in [5, 5.41) is 2.59. The van der Waals surface area contributed by atoms with Gasteiger partial charge < -0.3 is 14.6 Å². The maximum atomic E-state index is 14.8. The molecule has 180 valence electrons. The normalized spacial score (nSPS) is 17.2. The first-order chi connectivity index (χ1) is 16.7. The minimum Gasteiger partial charge on any atom is -0.424 e. The summed E-state index contributed by atoms with van der Waals surface area (Å²) in [7, 11) is 0. The standard InChI is InChI=1S/C23H16F5N5O2/c24-12-2-5-16-15(10-12)32-22(35-16)31-11-17-23(27,28)6-9-33(17)21(34)18-13(3-4-14(25)19(18)26)20-29-7-1-8-30-20/h1-5,7-8,10,17H,6,9,11H2,(H,31,32). The molecule has 0 bridgehead atoms. The van der Waals surface area contributed by atoms with Crippen LogP contribution in [-0.4, -0.2) is 50.8 Å². The molecule has 7 nitrogen and oxygen atoms in total. The van der Waals surface area contributed by atoms with E-state index in [1.165, 1.54) is 24.5 Å². The lowest BCUT2D eigenvalue weighted by Crippen LogP contribution is -2.47. The first-order valence-electron chi connectivity index (χ1n) is 10.5. The monoisotopic (exact) mass is 489 g/mol. The molecule has 1 amide bonds. The number of rotatable bonds is 5. The number of fused-ring (bicyclic) bond motifs is 1. The van der Waals surface area contributed by atoms with Crippen LogP contribution in [0.5, 0.6) is 0 Å². The van der Waals surface area contributed by atoms with Gasteiger partial charge in [0.25, 0.3) is 17.8 Å². The number of carbonyl (C=O) groups is 1. The number of nitrogens with one attached hydrogen (secondary N) is 1. The van der Waals surface area contributed by atoms with Crippen LogP contribution in [0.4, 0.5) is 28.0 Å². The van der Waals surface area contributed by atoms with Crippen LogP contribution in [0.1, 0.15) is 16.8 Å². The highest BCUT2D eigenvalue weighted by molar-refractivity contribution is 6.01. The minimum absolute atomic E-state index is 0.0610. The molecule has 1 aliphatic rings. The Labute approximate surface area is 194 Å². The molecule has 0 saturated carbocycles. The number of halogens is 5. The maximum absolute atomic E-state index is 14.8. The molecular formula is C23H16F5N5O2. The molecule has 12 heteroatoms. The molecule has 2 aromatic carbocycles. The summed E-state index contributed by atoms with van der Waals surface area (Å²) in [4.78, 5) is 26.0. The number of hydrogen-bond donors (Lipinski definition) is 1. The topological polar surface area (TPSA) is 84.2 Å². The van der Waals surface area contributed by atoms with Gasteiger partial charge in [0, 0.05) is 43.5 Å². The molecule has 1 aliphatic heterocycles. The van der Waals surface area contributed by atoms with E-state index in [1.807, 2.05) is 0 Å². The summed E-state index contributed by atoms with van der Waals surface area (Å²) >= 11 is 0. The second-order valence-corrected chi connectivity index (χ2v) is 7.89. The van der Waals surface area contributed by atoms with E-state index in [-0.39, 0.29) is 28.5 Å². The van der Waals surface area contributed by atoms with Crippen molar-refractivity contribution >= 4 is 23.0 Å². The number of hydrogen-bond acceptors (Lipinski definition) is 6. The molecule has 1 atom stereocenters. The average Bonchev–Trinajstić information content (AvgIpc) is 3.38. The van der Waals surface area contributed by atoms with Gasteiger partial charge in [-0.3, -0.25) is 4.79 Å². The average molecular weight is 489 g/mol. The molecule has 2 aromatic heterocycles. The Bertz CT molecular complexity index is 1410. The number of carbonyl (C=O) groups excluding carboxylic acids is 1. The van der Waals surface area contributed by atoms with Crippen LogP contribution in [-0.2, 0) is 0 Å². The van der Waals surface area contributed by atoms with Gasteiger partial charge in [-0.2, -0.15) is 4.98 Å². The molecule has 1 unspecified atom stereocenters. The molecule has 35 heavy (non-hydrogen) atoms. The van der Waals surface area contributed by atoms with Crippen molar-refractivity contribution in [1.82, 2.24) is 19.9 Å². The van der Waals surface area contributed by atoms with E-state index in [0.717, 1.165) is 29.2 Å². The number of anilines is 1. The Hall–Kier alpha value is -4.09. The Kier molecular flexibility index (Phi) is 5.58. The van der Waals surface area contributed by atoms with Gasteiger partial charge in [-0.1, -0.05) is 0 Å². The quantitative estimate of drug-likeness (QED) is 0.411. The van der Waals surface area contributed by atoms with Crippen LogP contribution >= 0.6 is 0 Å². The highest BCUT2D eigenvalue weighted by Crippen LogP contribution is 2.37. The van der Waals surface area contributed by atoms with Crippen LogP contribution < -0.4 is 5.32 Å². The highest BCUT2D eigenvalue weighted by Gasteiger charge is 2.51. The molecule has 0 radical (unpaired) electrons. The number of nitrogens with zero attached hydrogens (tertiary/aromatic N) is 4. The molecule has 1 saturated heterocycles. The molecular weight excluding hydrogens is 473 g/mol. The summed E-state index contributed by atoms with van der Waals surface area (Å²) < 4.78 is 77.2. The molecule has 4 aromatic rings. The van der Waals surface area contributed by atoms with Crippen molar-refractivity contribution < 1.29 is 31.2 Å². The van der Waals surface area contributed by atoms with Gasteiger partial charge in [0.15, 0.2) is 23.0 Å². The Morgan fingerprint density at radius 1 is 1.14 bits per heavy atom. The van der Waals surface area contributed by atoms with Gasteiger partial charge in [0.2, 0.25) is 0 Å². The third-order valence-corrected chi connectivity index (χ3v) is 5.72. The Morgan fingerprint density at radius 2 is 1.91 bits per heavy atom. The lowest BCUT2D eigenvalue weighted by Gasteiger charge is -2.28. The highest BCUT2D eigenvalue weighted by atomic mass is 19.3. The summed E-state index contributed by atoms with van der Waals surface area (Å²) in [6.07, 6.45) is 2.01. The van der Waals surface area contributed by atoms with Crippen molar-refractivity contribution in [3.8, 4) is 11.4 Å². The van der Waals surface area contributed by atoms with Gasteiger partial charge in [0.05, 0.1) is 5.56 Å². The van der Waals surface area contributed by atoms with E-state index in [1.54, 1.807) is 0 Å². The van der Waals surface area contributed by atoms with E-state index in [9.17, 15) is 26.7 Å². The van der Waals surface area contributed by atoms with Crippen LogP contribution in [0.25, 0.3) is 22.5 Å². The molecule has 3 heterocycles. The molecule has 1 fully saturated rings. The maximum Gasteiger partial charge on any atom is 0.295 e. The van der Waals surface area contributed by atoms with Gasteiger partial charge in [-0.05, 0) is 30.3 Å². The number of benzene rings is 2. The van der Waals surface area contributed by atoms with Gasteiger partial charge in [-0.25, -0.2) is 31.9 Å². The van der Waals surface area contributed by atoms with E-state index < -0.39 is 60.4 Å². The van der Waals surface area contributed by atoms with Crippen molar-refractivity contribution in [2.75, 3.05) is 18.4 Å². The predicted molar refractivity (Wildman–Crippen MR) is 114 cm³/mol. The summed E-state index contributed by atoms with van der Waals surface area (Å²) in [6.45, 7) is -0.913. The SMILES string of the molecule is O=C(c1c(-c2ncccn2)ccc(F)c1F)N1CCC(F)(F)C1CNc1nc2cc(F)ccc2o1. The summed E-state index contributed by atoms with van der Waals surface area (Å²) in [5.74, 6) is -7.88. The fourth-order valence-electron chi connectivity index (χ4n) is 4.01. The van der Waals surface area contributed by atoms with Crippen molar-refractivity contribution in [2.24, 2.45) is 0 Å². The molecule has 0 aliphatic carbocycles. The number of oxazole rings is 1. The van der Waals surface area contributed by atoms with E-state index >= 15 is 0 Å². The number of aromatic nitrogens is 3. The number of amides is 1. The third-order valence-electron chi connectivity index (χ3n) is 5.72. The van der Waals surface area contributed by atoms with Crippen molar-refractivity contribution in [2.45, 2.75) is 18.4 Å². The predicted octanol–water partition coefficient (Wildman–Crippen LogP) is 4.66. The summed E-state index contributed by atoms with van der Waals surface area (Å²) in [6, 6.07) is 5.15. The fraction of sp³-hybridized carbons (Fsp3) is 0.217. The van der Waals surface area contributed by atoms with Crippen LogP contribution in [0, 0.1) is 17.5 Å². The zero-order valence-corrected chi connectivity index (χ0v) is 17.8. The van der Waals surface area contributed by atoms with Gasteiger partial charge in [-0.15, -0.1) is 0 Å². The largest absolute Gasteiger partial charge is 0.424 e. The van der Waals surface area contributed by atoms with E-state index in [0.29, 0.717) is 0 Å². The Balaban J connectivity index is 1.46. The van der Waals surface area contributed by atoms with Gasteiger partial charge in [0.1, 0.15) is 17.4 Å². The van der Waals surface area contributed by atoms with Gasteiger partial charge >= 0.3 is 0 Å². The van der Waals surface area contributed by atoms with Crippen molar-refractivity contribution in [3.63, 3.8) is 0 Å². The lowest BCUT2D eigenvalue weighted by molar-refractivity contribution is -0.0250. The first kappa shape index (κ1) is 22.7.